The number of hydrogen-bond donors (Lipinski definition) is 0. The van der Waals surface area contributed by atoms with Crippen LogP contribution in [0.2, 0.25) is 5.02 Å². The van der Waals surface area contributed by atoms with E-state index in [4.69, 9.17) is 16.0 Å². The lowest BCUT2D eigenvalue weighted by molar-refractivity contribution is 0.573. The van der Waals surface area contributed by atoms with Gasteiger partial charge in [-0.15, -0.1) is 0 Å². The van der Waals surface area contributed by atoms with Gasteiger partial charge in [-0.3, -0.25) is 0 Å². The Morgan fingerprint density at radius 1 is 1.39 bits per heavy atom. The molecule has 0 N–H and O–H groups in total. The molecule has 0 aliphatic rings. The summed E-state index contributed by atoms with van der Waals surface area (Å²) in [5.74, 6) is 3.37. The number of aromatic nitrogens is 1. The normalized spacial score (nSPS) is 11.1. The van der Waals surface area contributed by atoms with Crippen molar-refractivity contribution in [3.8, 4) is 11.5 Å². The summed E-state index contributed by atoms with van der Waals surface area (Å²) in [6.45, 7) is 4.43. The smallest absolute Gasteiger partial charge is 0.226 e. The molecule has 2 rings (SSSR count). The van der Waals surface area contributed by atoms with Crippen LogP contribution in [0, 0.1) is 5.92 Å². The topological polar surface area (TPSA) is 26.0 Å². The molecule has 2 nitrogen and oxygen atoms in total. The van der Waals surface area contributed by atoms with Crippen LogP contribution in [0.1, 0.15) is 19.5 Å². The first kappa shape index (κ1) is 13.5. The Kier molecular flexibility index (Phi) is 4.72. The molecule has 0 bridgehead atoms. The Balaban J connectivity index is 2.02. The Morgan fingerprint density at radius 3 is 2.94 bits per heavy atom. The summed E-state index contributed by atoms with van der Waals surface area (Å²) in [4.78, 5) is 4.47. The van der Waals surface area contributed by atoms with Crippen LogP contribution in [-0.2, 0) is 5.75 Å². The standard InChI is InChI=1S/C14H16ClNOS/c1-10(2)8-18-9-13-7-17-14(16-13)11-4-3-5-12(15)6-11/h3-7,10H,8-9H2,1-2H3. The lowest BCUT2D eigenvalue weighted by Crippen LogP contribution is -1.91. The molecule has 1 aromatic heterocycles. The van der Waals surface area contributed by atoms with Crippen molar-refractivity contribution in [1.29, 1.82) is 0 Å². The Bertz CT molecular complexity index is 510. The van der Waals surface area contributed by atoms with E-state index in [1.54, 1.807) is 6.26 Å². The minimum absolute atomic E-state index is 0.637. The maximum Gasteiger partial charge on any atom is 0.226 e. The van der Waals surface area contributed by atoms with Crippen molar-refractivity contribution in [2.75, 3.05) is 5.75 Å². The molecule has 1 heterocycles. The zero-order valence-electron chi connectivity index (χ0n) is 10.5. The first-order valence-corrected chi connectivity index (χ1v) is 7.46. The van der Waals surface area contributed by atoms with Crippen LogP contribution >= 0.6 is 23.4 Å². The fraction of sp³-hybridized carbons (Fsp3) is 0.357. The van der Waals surface area contributed by atoms with E-state index in [0.717, 1.165) is 22.8 Å². The lowest BCUT2D eigenvalue weighted by Gasteiger charge is -2.01. The zero-order chi connectivity index (χ0) is 13.0. The minimum Gasteiger partial charge on any atom is -0.444 e. The van der Waals surface area contributed by atoms with Crippen molar-refractivity contribution < 1.29 is 4.42 Å². The molecule has 0 atom stereocenters. The van der Waals surface area contributed by atoms with Crippen LogP contribution in [0.3, 0.4) is 0 Å². The van der Waals surface area contributed by atoms with Crippen LogP contribution < -0.4 is 0 Å². The number of halogens is 1. The molecule has 18 heavy (non-hydrogen) atoms. The predicted molar refractivity (Wildman–Crippen MR) is 77.9 cm³/mol. The monoisotopic (exact) mass is 281 g/mol. The van der Waals surface area contributed by atoms with Gasteiger partial charge in [0.25, 0.3) is 0 Å². The van der Waals surface area contributed by atoms with Gasteiger partial charge in [0.2, 0.25) is 5.89 Å². The summed E-state index contributed by atoms with van der Waals surface area (Å²) < 4.78 is 5.48. The highest BCUT2D eigenvalue weighted by molar-refractivity contribution is 7.98. The lowest BCUT2D eigenvalue weighted by atomic mass is 10.2. The van der Waals surface area contributed by atoms with E-state index >= 15 is 0 Å². The van der Waals surface area contributed by atoms with Crippen LogP contribution in [-0.4, -0.2) is 10.7 Å². The van der Waals surface area contributed by atoms with Crippen LogP contribution in [0.15, 0.2) is 34.9 Å². The molecule has 0 amide bonds. The van der Waals surface area contributed by atoms with E-state index in [-0.39, 0.29) is 0 Å². The summed E-state index contributed by atoms with van der Waals surface area (Å²) in [6, 6.07) is 7.55. The molecule has 2 aromatic rings. The highest BCUT2D eigenvalue weighted by Gasteiger charge is 2.07. The van der Waals surface area contributed by atoms with Crippen molar-refractivity contribution >= 4 is 23.4 Å². The maximum atomic E-state index is 5.95. The summed E-state index contributed by atoms with van der Waals surface area (Å²) >= 11 is 7.82. The Morgan fingerprint density at radius 2 is 2.22 bits per heavy atom. The van der Waals surface area contributed by atoms with Gasteiger partial charge in [-0.05, 0) is 29.9 Å². The van der Waals surface area contributed by atoms with Crippen LogP contribution in [0.4, 0.5) is 0 Å². The fourth-order valence-corrected chi connectivity index (χ4v) is 2.65. The molecule has 0 unspecified atom stereocenters. The number of nitrogens with zero attached hydrogens (tertiary/aromatic N) is 1. The second-order valence-corrected chi connectivity index (χ2v) is 6.03. The third-order valence-corrected chi connectivity index (χ3v) is 3.96. The molecule has 0 aliphatic heterocycles. The SMILES string of the molecule is CC(C)CSCc1coc(-c2cccc(Cl)c2)n1. The first-order valence-electron chi connectivity index (χ1n) is 5.93. The number of thioether (sulfide) groups is 1. The summed E-state index contributed by atoms with van der Waals surface area (Å²) in [5, 5.41) is 0.696. The van der Waals surface area contributed by atoms with Crippen molar-refractivity contribution in [3.05, 3.63) is 41.2 Å². The van der Waals surface area contributed by atoms with E-state index in [1.165, 1.54) is 0 Å². The second kappa shape index (κ2) is 6.30. The number of hydrogen-bond acceptors (Lipinski definition) is 3. The molecule has 0 saturated heterocycles. The summed E-state index contributed by atoms with van der Waals surface area (Å²) in [6.07, 6.45) is 1.73. The van der Waals surface area contributed by atoms with E-state index in [9.17, 15) is 0 Å². The van der Waals surface area contributed by atoms with Gasteiger partial charge in [0, 0.05) is 16.3 Å². The third kappa shape index (κ3) is 3.79. The quantitative estimate of drug-likeness (QED) is 0.781. The number of oxazole rings is 1. The van der Waals surface area contributed by atoms with Gasteiger partial charge in [-0.2, -0.15) is 11.8 Å². The van der Waals surface area contributed by atoms with Gasteiger partial charge in [0.05, 0.1) is 5.69 Å². The van der Waals surface area contributed by atoms with Crippen LogP contribution in [0.25, 0.3) is 11.5 Å². The molecule has 1 aromatic carbocycles. The molecule has 4 heteroatoms. The summed E-state index contributed by atoms with van der Waals surface area (Å²) in [7, 11) is 0. The van der Waals surface area contributed by atoms with E-state index in [0.29, 0.717) is 16.8 Å². The van der Waals surface area contributed by atoms with Gasteiger partial charge in [-0.25, -0.2) is 4.98 Å². The molecule has 96 valence electrons. The highest BCUT2D eigenvalue weighted by atomic mass is 35.5. The molecular formula is C14H16ClNOS. The Hall–Kier alpha value is -0.930. The number of benzene rings is 1. The van der Waals surface area contributed by atoms with Crippen molar-refractivity contribution in [2.24, 2.45) is 5.92 Å². The molecular weight excluding hydrogens is 266 g/mol. The zero-order valence-corrected chi connectivity index (χ0v) is 12.1. The van der Waals surface area contributed by atoms with Crippen molar-refractivity contribution in [3.63, 3.8) is 0 Å². The fourth-order valence-electron chi connectivity index (χ4n) is 1.53. The second-order valence-electron chi connectivity index (χ2n) is 4.56. The van der Waals surface area contributed by atoms with Gasteiger partial charge >= 0.3 is 0 Å². The molecule has 0 spiro atoms. The first-order chi connectivity index (χ1) is 8.65. The maximum absolute atomic E-state index is 5.95. The predicted octanol–water partition coefficient (Wildman–Crippen LogP) is 4.88. The van der Waals surface area contributed by atoms with Crippen molar-refractivity contribution in [2.45, 2.75) is 19.6 Å². The largest absolute Gasteiger partial charge is 0.444 e. The minimum atomic E-state index is 0.637. The van der Waals surface area contributed by atoms with Gasteiger partial charge in [-0.1, -0.05) is 31.5 Å². The number of rotatable bonds is 5. The molecule has 0 aliphatic carbocycles. The Labute approximate surface area is 117 Å². The average molecular weight is 282 g/mol. The van der Waals surface area contributed by atoms with Crippen LogP contribution in [0.5, 0.6) is 0 Å². The van der Waals surface area contributed by atoms with Crippen molar-refractivity contribution in [1.82, 2.24) is 4.98 Å². The van der Waals surface area contributed by atoms with Gasteiger partial charge in [0.1, 0.15) is 6.26 Å². The van der Waals surface area contributed by atoms with E-state index in [1.807, 2.05) is 36.0 Å². The van der Waals surface area contributed by atoms with E-state index in [2.05, 4.69) is 18.8 Å². The third-order valence-electron chi connectivity index (χ3n) is 2.32. The molecule has 0 radical (unpaired) electrons. The van der Waals surface area contributed by atoms with Gasteiger partial charge in [0.15, 0.2) is 0 Å². The summed E-state index contributed by atoms with van der Waals surface area (Å²) in [5.41, 5.74) is 1.90. The molecule has 0 fully saturated rings. The van der Waals surface area contributed by atoms with Gasteiger partial charge < -0.3 is 4.42 Å². The average Bonchev–Trinajstić information content (AvgIpc) is 2.77. The molecule has 0 saturated carbocycles. The van der Waals surface area contributed by atoms with E-state index < -0.39 is 0 Å². The highest BCUT2D eigenvalue weighted by Crippen LogP contribution is 2.23.